The Labute approximate surface area is 138 Å². The number of carbonyl (C=O) groups excluding carboxylic acids is 1. The highest BCUT2D eigenvalue weighted by Crippen LogP contribution is 2.27. The van der Waals surface area contributed by atoms with Gasteiger partial charge in [0.05, 0.1) is 23.6 Å². The second-order valence-corrected chi connectivity index (χ2v) is 5.88. The molecule has 120 valence electrons. The minimum atomic E-state index is -0.990. The van der Waals surface area contributed by atoms with E-state index in [9.17, 15) is 4.79 Å². The topological polar surface area (TPSA) is 109 Å². The molecule has 2 aromatic rings. The highest BCUT2D eigenvalue weighted by atomic mass is 32.2. The van der Waals surface area contributed by atoms with Crippen molar-refractivity contribution in [3.05, 3.63) is 18.1 Å². The molecule has 0 aliphatic rings. The highest BCUT2D eigenvalue weighted by Gasteiger charge is 2.22. The van der Waals surface area contributed by atoms with Crippen LogP contribution in [-0.4, -0.2) is 32.0 Å². The number of nitrogens with one attached hydrogen (secondary N) is 1. The van der Waals surface area contributed by atoms with Gasteiger partial charge in [0.1, 0.15) is 11.7 Å². The molecular weight excluding hydrogens is 314 g/mol. The third kappa shape index (κ3) is 3.51. The van der Waals surface area contributed by atoms with Crippen molar-refractivity contribution in [2.75, 3.05) is 5.75 Å². The van der Waals surface area contributed by atoms with Crippen molar-refractivity contribution in [1.29, 1.82) is 10.7 Å². The van der Waals surface area contributed by atoms with Crippen LogP contribution in [0.1, 0.15) is 19.6 Å². The Hall–Kier alpha value is -2.40. The van der Waals surface area contributed by atoms with Gasteiger partial charge in [-0.2, -0.15) is 5.26 Å². The summed E-state index contributed by atoms with van der Waals surface area (Å²) in [7, 11) is 0. The fourth-order valence-corrected chi connectivity index (χ4v) is 3.03. The van der Waals surface area contributed by atoms with Gasteiger partial charge in [0.25, 0.3) is 0 Å². The Kier molecular flexibility index (Phi) is 5.34. The second-order valence-electron chi connectivity index (χ2n) is 4.94. The van der Waals surface area contributed by atoms with Gasteiger partial charge >= 0.3 is 0 Å². The van der Waals surface area contributed by atoms with Gasteiger partial charge in [-0.3, -0.25) is 4.79 Å². The zero-order valence-corrected chi connectivity index (χ0v) is 14.0. The van der Waals surface area contributed by atoms with Crippen LogP contribution in [-0.2, 0) is 11.3 Å². The summed E-state index contributed by atoms with van der Waals surface area (Å²) in [6, 6.07) is 3.69. The number of nitrogens with zero attached hydrogens (tertiary/aromatic N) is 4. The van der Waals surface area contributed by atoms with Crippen molar-refractivity contribution in [3.8, 4) is 17.5 Å². The minimum Gasteiger partial charge on any atom is -0.469 e. The van der Waals surface area contributed by atoms with E-state index >= 15 is 0 Å². The summed E-state index contributed by atoms with van der Waals surface area (Å²) >= 11 is 1.23. The van der Waals surface area contributed by atoms with Crippen molar-refractivity contribution >= 4 is 23.3 Å². The summed E-state index contributed by atoms with van der Waals surface area (Å²) in [5.74, 6) is 0.238. The third-order valence-corrected chi connectivity index (χ3v) is 4.35. The number of nitriles is 1. The molecule has 2 aromatic heterocycles. The summed E-state index contributed by atoms with van der Waals surface area (Å²) in [5.41, 5.74) is 0.924. The molecule has 0 aliphatic heterocycles. The number of rotatable bonds is 7. The van der Waals surface area contributed by atoms with Crippen molar-refractivity contribution < 1.29 is 9.21 Å². The molecule has 2 rings (SSSR count). The summed E-state index contributed by atoms with van der Waals surface area (Å²) < 4.78 is 7.19. The van der Waals surface area contributed by atoms with Gasteiger partial charge in [0.15, 0.2) is 16.8 Å². The number of aromatic nitrogens is 3. The van der Waals surface area contributed by atoms with Crippen LogP contribution >= 0.6 is 11.8 Å². The lowest BCUT2D eigenvalue weighted by Crippen LogP contribution is -2.21. The molecule has 0 fully saturated rings. The highest BCUT2D eigenvalue weighted by molar-refractivity contribution is 7.99. The quantitative estimate of drug-likeness (QED) is 0.617. The Balaban J connectivity index is 2.18. The van der Waals surface area contributed by atoms with Crippen LogP contribution in [0.5, 0.6) is 0 Å². The molecule has 0 spiro atoms. The fourth-order valence-electron chi connectivity index (χ4n) is 2.13. The molecule has 0 bridgehead atoms. The number of ketones is 1. The molecule has 0 aliphatic carbocycles. The van der Waals surface area contributed by atoms with Crippen molar-refractivity contribution in [2.45, 2.75) is 32.5 Å². The summed E-state index contributed by atoms with van der Waals surface area (Å²) in [5, 5.41) is 25.4. The molecule has 2 heterocycles. The first kappa shape index (κ1) is 17.0. The van der Waals surface area contributed by atoms with Crippen LogP contribution in [0.2, 0.25) is 0 Å². The van der Waals surface area contributed by atoms with E-state index in [2.05, 4.69) is 10.2 Å². The Bertz CT molecular complexity index is 771. The molecule has 0 saturated carbocycles. The molecule has 23 heavy (non-hydrogen) atoms. The van der Waals surface area contributed by atoms with Gasteiger partial charge in [-0.1, -0.05) is 11.8 Å². The predicted octanol–water partition coefficient (Wildman–Crippen LogP) is 2.71. The van der Waals surface area contributed by atoms with E-state index < -0.39 is 5.92 Å². The number of thioether (sulfide) groups is 1. The van der Waals surface area contributed by atoms with E-state index in [-0.39, 0.29) is 17.2 Å². The summed E-state index contributed by atoms with van der Waals surface area (Å²) in [6.45, 7) is 5.93. The Morgan fingerprint density at radius 3 is 2.83 bits per heavy atom. The van der Waals surface area contributed by atoms with Crippen molar-refractivity contribution in [3.63, 3.8) is 0 Å². The van der Waals surface area contributed by atoms with Crippen LogP contribution in [0, 0.1) is 29.6 Å². The molecule has 0 radical (unpaired) electrons. The molecule has 1 atom stereocenters. The summed E-state index contributed by atoms with van der Waals surface area (Å²) in [4.78, 5) is 12.0. The van der Waals surface area contributed by atoms with Crippen LogP contribution in [0.3, 0.4) is 0 Å². The number of hydrogen-bond donors (Lipinski definition) is 1. The van der Waals surface area contributed by atoms with Gasteiger partial charge in [-0.25, -0.2) is 0 Å². The lowest BCUT2D eigenvalue weighted by Gasteiger charge is -2.08. The van der Waals surface area contributed by atoms with Gasteiger partial charge in [0, 0.05) is 12.3 Å². The van der Waals surface area contributed by atoms with E-state index in [1.807, 2.05) is 30.6 Å². The Morgan fingerprint density at radius 1 is 1.57 bits per heavy atom. The first-order valence-electron chi connectivity index (χ1n) is 7.07. The van der Waals surface area contributed by atoms with Crippen molar-refractivity contribution in [2.24, 2.45) is 5.92 Å². The van der Waals surface area contributed by atoms with Gasteiger partial charge in [-0.15, -0.1) is 10.2 Å². The predicted molar refractivity (Wildman–Crippen MR) is 86.4 cm³/mol. The maximum absolute atomic E-state index is 12.0. The maximum Gasteiger partial charge on any atom is 0.191 e. The lowest BCUT2D eigenvalue weighted by molar-refractivity contribution is -0.117. The molecule has 1 N–H and O–H groups in total. The van der Waals surface area contributed by atoms with Gasteiger partial charge in [-0.05, 0) is 26.8 Å². The van der Waals surface area contributed by atoms with E-state index in [0.29, 0.717) is 17.5 Å². The molecule has 0 saturated heterocycles. The van der Waals surface area contributed by atoms with Crippen LogP contribution in [0.25, 0.3) is 11.4 Å². The first-order valence-corrected chi connectivity index (χ1v) is 8.06. The molecule has 0 amide bonds. The first-order chi connectivity index (χ1) is 11.0. The zero-order chi connectivity index (χ0) is 17.0. The number of aryl methyl sites for hydroxylation is 1. The number of hydrogen-bond acceptors (Lipinski definition) is 7. The van der Waals surface area contributed by atoms with E-state index in [1.165, 1.54) is 18.7 Å². The average Bonchev–Trinajstić information content (AvgIpc) is 3.10. The smallest absolute Gasteiger partial charge is 0.191 e. The van der Waals surface area contributed by atoms with Crippen LogP contribution < -0.4 is 0 Å². The third-order valence-electron chi connectivity index (χ3n) is 3.36. The van der Waals surface area contributed by atoms with Crippen molar-refractivity contribution in [1.82, 2.24) is 14.8 Å². The zero-order valence-electron chi connectivity index (χ0n) is 13.2. The molecule has 0 unspecified atom stereocenters. The SMILES string of the molecule is CCn1c(SCC(=O)[C@@H](C#N)C(C)=N)nnc1-c1ccoc1C. The largest absolute Gasteiger partial charge is 0.469 e. The molecule has 7 nitrogen and oxygen atoms in total. The van der Waals surface area contributed by atoms with Crippen LogP contribution in [0.15, 0.2) is 21.9 Å². The van der Waals surface area contributed by atoms with E-state index in [0.717, 1.165) is 11.3 Å². The maximum atomic E-state index is 12.0. The monoisotopic (exact) mass is 331 g/mol. The van der Waals surface area contributed by atoms with Gasteiger partial charge in [0.2, 0.25) is 0 Å². The number of furan rings is 1. The fraction of sp³-hybridized carbons (Fsp3) is 0.400. The number of carbonyl (C=O) groups is 1. The van der Waals surface area contributed by atoms with Crippen LogP contribution in [0.4, 0.5) is 0 Å². The lowest BCUT2D eigenvalue weighted by atomic mass is 10.0. The molecule has 0 aromatic carbocycles. The molecule has 8 heteroatoms. The van der Waals surface area contributed by atoms with Gasteiger partial charge < -0.3 is 14.4 Å². The Morgan fingerprint density at radius 2 is 2.30 bits per heavy atom. The standard InChI is InChI=1S/C15H17N5O2S/c1-4-20-14(11-5-6-22-10(11)3)18-19-15(20)23-8-13(21)12(7-16)9(2)17/h5-6,12,17H,4,8H2,1-3H3/t12-/m0/s1. The number of Topliss-reactive ketones (excluding diaryl/α,β-unsaturated/α-hetero) is 1. The normalized spacial score (nSPS) is 11.9. The summed E-state index contributed by atoms with van der Waals surface area (Å²) in [6.07, 6.45) is 1.60. The average molecular weight is 331 g/mol. The molecular formula is C15H17N5O2S. The minimum absolute atomic E-state index is 0.0600. The van der Waals surface area contributed by atoms with E-state index in [4.69, 9.17) is 15.1 Å². The second kappa shape index (κ2) is 7.24. The van der Waals surface area contributed by atoms with E-state index in [1.54, 1.807) is 6.26 Å².